The zero-order chi connectivity index (χ0) is 13.8. The molecule has 19 heavy (non-hydrogen) atoms. The number of nitrogens with zero attached hydrogens (tertiary/aromatic N) is 3. The summed E-state index contributed by atoms with van der Waals surface area (Å²) in [6.07, 6.45) is 2.78. The number of hydrogen-bond donors (Lipinski definition) is 1. The fraction of sp³-hybridized carbons (Fsp3) is 0.214. The normalized spacial score (nSPS) is 10.2. The molecule has 2 rings (SSSR count). The first-order valence-electron chi connectivity index (χ1n) is 5.95. The van der Waals surface area contributed by atoms with Gasteiger partial charge in [0.2, 0.25) is 0 Å². The van der Waals surface area contributed by atoms with Gasteiger partial charge in [-0.15, -0.1) is 0 Å². The predicted octanol–water partition coefficient (Wildman–Crippen LogP) is 1.64. The van der Waals surface area contributed by atoms with Crippen LogP contribution in [0.15, 0.2) is 36.7 Å². The van der Waals surface area contributed by atoms with E-state index in [0.717, 1.165) is 5.56 Å². The second-order valence-electron chi connectivity index (χ2n) is 4.48. The van der Waals surface area contributed by atoms with Crippen LogP contribution in [0.25, 0.3) is 0 Å². The third-order valence-electron chi connectivity index (χ3n) is 2.74. The monoisotopic (exact) mass is 256 g/mol. The Hall–Kier alpha value is -2.43. The van der Waals surface area contributed by atoms with Crippen molar-refractivity contribution in [3.63, 3.8) is 0 Å². The molecule has 1 heterocycles. The summed E-state index contributed by atoms with van der Waals surface area (Å²) in [6.45, 7) is 2.56. The minimum absolute atomic E-state index is 0.172. The molecule has 0 spiro atoms. The number of hydrogen-bond acceptors (Lipinski definition) is 4. The fourth-order valence-electron chi connectivity index (χ4n) is 1.80. The van der Waals surface area contributed by atoms with E-state index in [2.05, 4.69) is 16.0 Å². The third kappa shape index (κ3) is 3.28. The van der Waals surface area contributed by atoms with Gasteiger partial charge in [0.15, 0.2) is 0 Å². The molecule has 5 nitrogen and oxygen atoms in total. The van der Waals surface area contributed by atoms with Crippen molar-refractivity contribution in [3.8, 4) is 0 Å². The van der Waals surface area contributed by atoms with Crippen LogP contribution in [0.2, 0.25) is 0 Å². The number of aromatic nitrogens is 2. The molecule has 1 aromatic carbocycles. The Balaban J connectivity index is 2.09. The van der Waals surface area contributed by atoms with E-state index in [1.807, 2.05) is 25.1 Å². The molecule has 0 fully saturated rings. The number of nitrogen functional groups attached to an aromatic ring is 1. The lowest BCUT2D eigenvalue weighted by molar-refractivity contribution is 0.0779. The van der Waals surface area contributed by atoms with E-state index in [0.29, 0.717) is 18.1 Å². The van der Waals surface area contributed by atoms with Crippen LogP contribution < -0.4 is 5.73 Å². The van der Waals surface area contributed by atoms with Crippen LogP contribution in [0.4, 0.5) is 5.82 Å². The zero-order valence-corrected chi connectivity index (χ0v) is 11.0. The highest BCUT2D eigenvalue weighted by Gasteiger charge is 2.13. The molecule has 2 aromatic rings. The van der Waals surface area contributed by atoms with Gasteiger partial charge in [-0.25, -0.2) is 9.97 Å². The molecule has 2 N–H and O–H groups in total. The minimum atomic E-state index is -0.172. The van der Waals surface area contributed by atoms with Gasteiger partial charge in [0, 0.05) is 13.6 Å². The van der Waals surface area contributed by atoms with Gasteiger partial charge in [-0.3, -0.25) is 4.79 Å². The van der Waals surface area contributed by atoms with Gasteiger partial charge in [0.05, 0.1) is 12.4 Å². The highest BCUT2D eigenvalue weighted by atomic mass is 16.2. The van der Waals surface area contributed by atoms with Crippen LogP contribution in [-0.4, -0.2) is 27.8 Å². The number of anilines is 1. The molecule has 0 bridgehead atoms. The van der Waals surface area contributed by atoms with Crippen molar-refractivity contribution in [2.75, 3.05) is 12.8 Å². The number of aryl methyl sites for hydroxylation is 1. The zero-order valence-electron chi connectivity index (χ0n) is 11.0. The van der Waals surface area contributed by atoms with E-state index in [1.54, 1.807) is 11.9 Å². The van der Waals surface area contributed by atoms with Crippen LogP contribution in [0, 0.1) is 6.92 Å². The summed E-state index contributed by atoms with van der Waals surface area (Å²) >= 11 is 0. The fourth-order valence-corrected chi connectivity index (χ4v) is 1.80. The van der Waals surface area contributed by atoms with Gasteiger partial charge in [0.1, 0.15) is 11.5 Å². The SMILES string of the molecule is Cc1cccc(CN(C)C(=O)c2cnc(N)cn2)c1. The Morgan fingerprint density at radius 1 is 1.32 bits per heavy atom. The predicted molar refractivity (Wildman–Crippen MR) is 73.4 cm³/mol. The highest BCUT2D eigenvalue weighted by molar-refractivity contribution is 5.91. The van der Waals surface area contributed by atoms with Gasteiger partial charge in [-0.05, 0) is 12.5 Å². The van der Waals surface area contributed by atoms with Crippen molar-refractivity contribution < 1.29 is 4.79 Å². The van der Waals surface area contributed by atoms with Crippen molar-refractivity contribution >= 4 is 11.7 Å². The summed E-state index contributed by atoms with van der Waals surface area (Å²) < 4.78 is 0. The summed E-state index contributed by atoms with van der Waals surface area (Å²) in [7, 11) is 1.74. The Morgan fingerprint density at radius 2 is 2.11 bits per heavy atom. The van der Waals surface area contributed by atoms with Crippen molar-refractivity contribution in [1.29, 1.82) is 0 Å². The topological polar surface area (TPSA) is 72.1 Å². The standard InChI is InChI=1S/C14H16N4O/c1-10-4-3-5-11(6-10)9-18(2)14(19)12-7-17-13(15)8-16-12/h3-8H,9H2,1-2H3,(H2,15,17). The second-order valence-corrected chi connectivity index (χ2v) is 4.48. The van der Waals surface area contributed by atoms with Gasteiger partial charge < -0.3 is 10.6 Å². The molecule has 1 aromatic heterocycles. The van der Waals surface area contributed by atoms with E-state index >= 15 is 0 Å². The van der Waals surface area contributed by atoms with Gasteiger partial charge in [-0.1, -0.05) is 29.8 Å². The van der Waals surface area contributed by atoms with Crippen molar-refractivity contribution in [2.45, 2.75) is 13.5 Å². The molecule has 0 radical (unpaired) electrons. The molecular formula is C14H16N4O. The number of carbonyl (C=O) groups is 1. The minimum Gasteiger partial charge on any atom is -0.382 e. The van der Waals surface area contributed by atoms with E-state index in [4.69, 9.17) is 5.73 Å². The second kappa shape index (κ2) is 5.48. The first-order valence-corrected chi connectivity index (χ1v) is 5.95. The molecule has 0 atom stereocenters. The van der Waals surface area contributed by atoms with Crippen LogP contribution >= 0.6 is 0 Å². The number of carbonyl (C=O) groups excluding carboxylic acids is 1. The first-order chi connectivity index (χ1) is 9.06. The number of rotatable bonds is 3. The lowest BCUT2D eigenvalue weighted by atomic mass is 10.1. The Kier molecular flexibility index (Phi) is 3.75. The average molecular weight is 256 g/mol. The molecule has 0 saturated carbocycles. The van der Waals surface area contributed by atoms with E-state index in [1.165, 1.54) is 18.0 Å². The Morgan fingerprint density at radius 3 is 2.74 bits per heavy atom. The number of amides is 1. The van der Waals surface area contributed by atoms with Gasteiger partial charge in [-0.2, -0.15) is 0 Å². The Bertz CT molecular complexity index is 580. The van der Waals surface area contributed by atoms with E-state index < -0.39 is 0 Å². The van der Waals surface area contributed by atoms with Crippen molar-refractivity contribution in [1.82, 2.24) is 14.9 Å². The molecule has 1 amide bonds. The molecule has 0 aliphatic carbocycles. The summed E-state index contributed by atoms with van der Waals surface area (Å²) in [5.74, 6) is 0.131. The largest absolute Gasteiger partial charge is 0.382 e. The van der Waals surface area contributed by atoms with Crippen molar-refractivity contribution in [2.24, 2.45) is 0 Å². The van der Waals surface area contributed by atoms with Crippen LogP contribution in [0.5, 0.6) is 0 Å². The third-order valence-corrected chi connectivity index (χ3v) is 2.74. The van der Waals surface area contributed by atoms with Gasteiger partial charge in [0.25, 0.3) is 5.91 Å². The molecular weight excluding hydrogens is 240 g/mol. The van der Waals surface area contributed by atoms with Crippen LogP contribution in [0.1, 0.15) is 21.6 Å². The maximum atomic E-state index is 12.1. The lowest BCUT2D eigenvalue weighted by Crippen LogP contribution is -2.27. The first kappa shape index (κ1) is 13.0. The maximum absolute atomic E-state index is 12.1. The molecule has 98 valence electrons. The summed E-state index contributed by atoms with van der Waals surface area (Å²) in [4.78, 5) is 21.6. The van der Waals surface area contributed by atoms with E-state index in [9.17, 15) is 4.79 Å². The summed E-state index contributed by atoms with van der Waals surface area (Å²) in [5.41, 5.74) is 7.99. The van der Waals surface area contributed by atoms with Crippen LogP contribution in [-0.2, 0) is 6.54 Å². The average Bonchev–Trinajstić information content (AvgIpc) is 2.39. The quantitative estimate of drug-likeness (QED) is 0.906. The number of nitrogens with two attached hydrogens (primary N) is 1. The Labute approximate surface area is 112 Å². The molecule has 0 unspecified atom stereocenters. The van der Waals surface area contributed by atoms with Crippen LogP contribution in [0.3, 0.4) is 0 Å². The lowest BCUT2D eigenvalue weighted by Gasteiger charge is -2.16. The summed E-state index contributed by atoms with van der Waals surface area (Å²) in [5, 5.41) is 0. The molecule has 0 saturated heterocycles. The smallest absolute Gasteiger partial charge is 0.274 e. The highest BCUT2D eigenvalue weighted by Crippen LogP contribution is 2.09. The summed E-state index contributed by atoms with van der Waals surface area (Å²) in [6, 6.07) is 8.05. The molecule has 5 heteroatoms. The molecule has 0 aliphatic heterocycles. The van der Waals surface area contributed by atoms with Crippen molar-refractivity contribution in [3.05, 3.63) is 53.5 Å². The molecule has 0 aliphatic rings. The maximum Gasteiger partial charge on any atom is 0.274 e. The van der Waals surface area contributed by atoms with Gasteiger partial charge >= 0.3 is 0 Å². The number of benzene rings is 1. The van der Waals surface area contributed by atoms with E-state index in [-0.39, 0.29) is 5.91 Å².